The average molecular weight is 279 g/mol. The molecule has 0 aliphatic carbocycles. The predicted molar refractivity (Wildman–Crippen MR) is 75.8 cm³/mol. The molecule has 3 atom stereocenters. The lowest BCUT2D eigenvalue weighted by Gasteiger charge is -2.34. The Hall–Kier alpha value is -1.42. The van der Waals surface area contributed by atoms with Crippen LogP contribution < -0.4 is 0 Å². The van der Waals surface area contributed by atoms with Gasteiger partial charge in [0.2, 0.25) is 5.91 Å². The number of benzene rings is 1. The molecule has 0 saturated carbocycles. The summed E-state index contributed by atoms with van der Waals surface area (Å²) in [5.41, 5.74) is 0.964. The van der Waals surface area contributed by atoms with E-state index < -0.39 is 6.10 Å². The van der Waals surface area contributed by atoms with Crippen LogP contribution in [0.15, 0.2) is 24.3 Å². The highest BCUT2D eigenvalue weighted by atomic mass is 19.1. The highest BCUT2D eigenvalue weighted by molar-refractivity contribution is 5.77. The minimum absolute atomic E-state index is 0.0552. The molecule has 1 saturated heterocycles. The van der Waals surface area contributed by atoms with E-state index in [0.717, 1.165) is 12.0 Å². The van der Waals surface area contributed by atoms with Crippen molar-refractivity contribution in [2.24, 2.45) is 5.92 Å². The number of β-amino-alcohol motifs (C(OH)–C–C–N with tert-alkyl or cyclic N) is 1. The lowest BCUT2D eigenvalue weighted by Crippen LogP contribution is -2.46. The van der Waals surface area contributed by atoms with Crippen molar-refractivity contribution in [3.05, 3.63) is 35.6 Å². The Bertz CT molecular complexity index is 460. The van der Waals surface area contributed by atoms with E-state index >= 15 is 0 Å². The van der Waals surface area contributed by atoms with E-state index in [-0.39, 0.29) is 23.6 Å². The summed E-state index contributed by atoms with van der Waals surface area (Å²) >= 11 is 0. The van der Waals surface area contributed by atoms with E-state index in [1.165, 1.54) is 12.1 Å². The van der Waals surface area contributed by atoms with Crippen molar-refractivity contribution in [2.45, 2.75) is 38.7 Å². The lowest BCUT2D eigenvalue weighted by molar-refractivity contribution is -0.135. The molecule has 2 rings (SSSR count). The molecule has 0 aromatic heterocycles. The molecule has 20 heavy (non-hydrogen) atoms. The molecular weight excluding hydrogens is 257 g/mol. The standard InChI is InChI=1S/C16H22FNO2/c1-11-7-8-18(10-15(11)19)16(20)9-12(2)13-3-5-14(17)6-4-13/h3-6,11-12,15,19H,7-10H2,1-2H3. The number of aliphatic hydroxyl groups excluding tert-OH is 1. The second kappa shape index (κ2) is 6.35. The number of amides is 1. The fourth-order valence-electron chi connectivity index (χ4n) is 2.58. The second-order valence-electron chi connectivity index (χ2n) is 5.83. The van der Waals surface area contributed by atoms with Crippen molar-refractivity contribution >= 4 is 5.91 Å². The minimum Gasteiger partial charge on any atom is -0.391 e. The highest BCUT2D eigenvalue weighted by Gasteiger charge is 2.27. The third kappa shape index (κ3) is 3.57. The van der Waals surface area contributed by atoms with Crippen molar-refractivity contribution < 1.29 is 14.3 Å². The number of aliphatic hydroxyl groups is 1. The molecule has 0 bridgehead atoms. The van der Waals surface area contributed by atoms with Crippen LogP contribution in [-0.2, 0) is 4.79 Å². The average Bonchev–Trinajstić information content (AvgIpc) is 2.42. The molecule has 3 unspecified atom stereocenters. The zero-order valence-corrected chi connectivity index (χ0v) is 12.1. The van der Waals surface area contributed by atoms with E-state index in [2.05, 4.69) is 0 Å². The molecule has 1 aliphatic heterocycles. The molecule has 1 aromatic carbocycles. The van der Waals surface area contributed by atoms with Crippen LogP contribution in [-0.4, -0.2) is 35.1 Å². The first-order chi connectivity index (χ1) is 9.47. The van der Waals surface area contributed by atoms with Gasteiger partial charge in [-0.05, 0) is 36.0 Å². The minimum atomic E-state index is -0.422. The van der Waals surface area contributed by atoms with Crippen LogP contribution in [0, 0.1) is 11.7 Å². The summed E-state index contributed by atoms with van der Waals surface area (Å²) < 4.78 is 12.9. The fourth-order valence-corrected chi connectivity index (χ4v) is 2.58. The van der Waals surface area contributed by atoms with Gasteiger partial charge in [0.25, 0.3) is 0 Å². The van der Waals surface area contributed by atoms with Crippen LogP contribution in [0.5, 0.6) is 0 Å². The predicted octanol–water partition coefficient (Wildman–Crippen LogP) is 2.55. The van der Waals surface area contributed by atoms with Gasteiger partial charge < -0.3 is 10.0 Å². The molecule has 1 amide bonds. The van der Waals surface area contributed by atoms with E-state index in [0.29, 0.717) is 19.5 Å². The van der Waals surface area contributed by atoms with Gasteiger partial charge in [0, 0.05) is 19.5 Å². The molecule has 1 aliphatic rings. The Balaban J connectivity index is 1.92. The molecule has 1 aromatic rings. The summed E-state index contributed by atoms with van der Waals surface area (Å²) in [5.74, 6) is 0.112. The maximum atomic E-state index is 12.9. The van der Waals surface area contributed by atoms with Gasteiger partial charge in [0.1, 0.15) is 5.82 Å². The Morgan fingerprint density at radius 1 is 1.45 bits per heavy atom. The molecule has 0 radical (unpaired) electrons. The summed E-state index contributed by atoms with van der Waals surface area (Å²) in [5, 5.41) is 9.84. The fraction of sp³-hybridized carbons (Fsp3) is 0.562. The van der Waals surface area contributed by atoms with E-state index in [4.69, 9.17) is 0 Å². The van der Waals surface area contributed by atoms with E-state index in [1.54, 1.807) is 17.0 Å². The normalized spacial score (nSPS) is 24.5. The number of carbonyl (C=O) groups excluding carboxylic acids is 1. The first-order valence-electron chi connectivity index (χ1n) is 7.18. The van der Waals surface area contributed by atoms with Crippen LogP contribution >= 0.6 is 0 Å². The number of hydrogen-bond acceptors (Lipinski definition) is 2. The number of rotatable bonds is 3. The van der Waals surface area contributed by atoms with Gasteiger partial charge in [-0.25, -0.2) is 4.39 Å². The first kappa shape index (κ1) is 15.0. The van der Waals surface area contributed by atoms with Gasteiger partial charge in [0.15, 0.2) is 0 Å². The molecule has 4 heteroatoms. The Morgan fingerprint density at radius 3 is 2.70 bits per heavy atom. The molecular formula is C16H22FNO2. The summed E-state index contributed by atoms with van der Waals surface area (Å²) in [4.78, 5) is 14.0. The van der Waals surface area contributed by atoms with Crippen LogP contribution in [0.1, 0.15) is 38.2 Å². The summed E-state index contributed by atoms with van der Waals surface area (Å²) in [6.45, 7) is 5.12. The molecule has 1 fully saturated rings. The quantitative estimate of drug-likeness (QED) is 0.923. The summed E-state index contributed by atoms with van der Waals surface area (Å²) in [7, 11) is 0. The van der Waals surface area contributed by atoms with E-state index in [1.807, 2.05) is 13.8 Å². The summed E-state index contributed by atoms with van der Waals surface area (Å²) in [6, 6.07) is 6.28. The Kier molecular flexibility index (Phi) is 4.76. The molecule has 3 nitrogen and oxygen atoms in total. The smallest absolute Gasteiger partial charge is 0.223 e. The molecule has 1 N–H and O–H groups in total. The van der Waals surface area contributed by atoms with Crippen LogP contribution in [0.4, 0.5) is 4.39 Å². The second-order valence-corrected chi connectivity index (χ2v) is 5.83. The summed E-state index contributed by atoms with van der Waals surface area (Å²) in [6.07, 6.45) is 0.818. The van der Waals surface area contributed by atoms with Gasteiger partial charge in [0.05, 0.1) is 6.10 Å². The first-order valence-corrected chi connectivity index (χ1v) is 7.18. The number of halogens is 1. The maximum absolute atomic E-state index is 12.9. The maximum Gasteiger partial charge on any atom is 0.223 e. The van der Waals surface area contributed by atoms with Gasteiger partial charge in [-0.2, -0.15) is 0 Å². The monoisotopic (exact) mass is 279 g/mol. The largest absolute Gasteiger partial charge is 0.391 e. The SMILES string of the molecule is CC(CC(=O)N1CCC(C)C(O)C1)c1ccc(F)cc1. The molecule has 110 valence electrons. The number of hydrogen-bond donors (Lipinski definition) is 1. The highest BCUT2D eigenvalue weighted by Crippen LogP contribution is 2.23. The van der Waals surface area contributed by atoms with Gasteiger partial charge in [-0.15, -0.1) is 0 Å². The van der Waals surface area contributed by atoms with Gasteiger partial charge in [-0.1, -0.05) is 26.0 Å². The van der Waals surface area contributed by atoms with Crippen LogP contribution in [0.25, 0.3) is 0 Å². The number of likely N-dealkylation sites (tertiary alicyclic amines) is 1. The third-order valence-electron chi connectivity index (χ3n) is 4.19. The Labute approximate surface area is 119 Å². The van der Waals surface area contributed by atoms with Crippen LogP contribution in [0.3, 0.4) is 0 Å². The number of piperidine rings is 1. The molecule has 1 heterocycles. The number of nitrogens with zero attached hydrogens (tertiary/aromatic N) is 1. The van der Waals surface area contributed by atoms with E-state index in [9.17, 15) is 14.3 Å². The van der Waals surface area contributed by atoms with Crippen molar-refractivity contribution in [2.75, 3.05) is 13.1 Å². The third-order valence-corrected chi connectivity index (χ3v) is 4.19. The van der Waals surface area contributed by atoms with Crippen molar-refractivity contribution in [1.29, 1.82) is 0 Å². The lowest BCUT2D eigenvalue weighted by atomic mass is 9.93. The zero-order chi connectivity index (χ0) is 14.7. The molecule has 0 spiro atoms. The van der Waals surface area contributed by atoms with Crippen molar-refractivity contribution in [1.82, 2.24) is 4.90 Å². The zero-order valence-electron chi connectivity index (χ0n) is 12.1. The van der Waals surface area contributed by atoms with Gasteiger partial charge in [-0.3, -0.25) is 4.79 Å². The Morgan fingerprint density at radius 2 is 2.10 bits per heavy atom. The van der Waals surface area contributed by atoms with Crippen molar-refractivity contribution in [3.8, 4) is 0 Å². The van der Waals surface area contributed by atoms with Gasteiger partial charge >= 0.3 is 0 Å². The van der Waals surface area contributed by atoms with Crippen LogP contribution in [0.2, 0.25) is 0 Å². The number of carbonyl (C=O) groups is 1. The van der Waals surface area contributed by atoms with Crippen molar-refractivity contribution in [3.63, 3.8) is 0 Å². The topological polar surface area (TPSA) is 40.5 Å².